The van der Waals surface area contributed by atoms with Gasteiger partial charge in [0.15, 0.2) is 0 Å². The fourth-order valence-corrected chi connectivity index (χ4v) is 2.74. The molecule has 0 radical (unpaired) electrons. The molecule has 2 heterocycles. The summed E-state index contributed by atoms with van der Waals surface area (Å²) in [6.07, 6.45) is 6.85. The molecule has 1 aliphatic heterocycles. The minimum absolute atomic E-state index is 0.192. The maximum Gasteiger partial charge on any atom is 0.410 e. The number of aromatic nitrogens is 2. The highest BCUT2D eigenvalue weighted by atomic mass is 16.6. The van der Waals surface area contributed by atoms with Gasteiger partial charge in [0.1, 0.15) is 5.60 Å². The number of aryl methyl sites for hydroxylation is 1. The van der Waals surface area contributed by atoms with Gasteiger partial charge in [-0.15, -0.1) is 0 Å². The quantitative estimate of drug-likeness (QED) is 0.926. The molecule has 0 aliphatic carbocycles. The summed E-state index contributed by atoms with van der Waals surface area (Å²) in [6.45, 7) is 11.1. The molecule has 1 fully saturated rings. The molecule has 1 unspecified atom stereocenters. The van der Waals surface area contributed by atoms with Crippen molar-refractivity contribution in [3.05, 3.63) is 18.0 Å². The zero-order valence-corrected chi connectivity index (χ0v) is 14.8. The maximum atomic E-state index is 12.2. The minimum atomic E-state index is -0.430. The number of carbonyl (C=O) groups is 1. The maximum absolute atomic E-state index is 12.2. The normalized spacial score (nSPS) is 19.5. The van der Waals surface area contributed by atoms with Crippen molar-refractivity contribution >= 4 is 6.09 Å². The third-order valence-corrected chi connectivity index (χ3v) is 3.99. The van der Waals surface area contributed by atoms with Gasteiger partial charge >= 0.3 is 6.09 Å². The van der Waals surface area contributed by atoms with Gasteiger partial charge in [0.25, 0.3) is 0 Å². The van der Waals surface area contributed by atoms with E-state index in [4.69, 9.17) is 4.74 Å². The number of likely N-dealkylation sites (tertiary alicyclic amines) is 1. The highest BCUT2D eigenvalue weighted by molar-refractivity contribution is 5.68. The largest absolute Gasteiger partial charge is 0.444 e. The number of rotatable bonds is 4. The Morgan fingerprint density at radius 2 is 2.17 bits per heavy atom. The summed E-state index contributed by atoms with van der Waals surface area (Å²) in [7, 11) is 0. The molecule has 1 amide bonds. The Hall–Kier alpha value is -1.56. The first-order valence-corrected chi connectivity index (χ1v) is 8.60. The fraction of sp³-hybridized carbons (Fsp3) is 0.765. The van der Waals surface area contributed by atoms with Crippen LogP contribution in [0.3, 0.4) is 0 Å². The summed E-state index contributed by atoms with van der Waals surface area (Å²) < 4.78 is 7.41. The molecule has 6 nitrogen and oxygen atoms in total. The topological polar surface area (TPSA) is 59.4 Å². The van der Waals surface area contributed by atoms with Crippen molar-refractivity contribution in [2.75, 3.05) is 13.1 Å². The van der Waals surface area contributed by atoms with Crippen LogP contribution in [0, 0.1) is 0 Å². The lowest BCUT2D eigenvalue weighted by atomic mass is 10.1. The average Bonchev–Trinajstić information content (AvgIpc) is 2.80. The van der Waals surface area contributed by atoms with Gasteiger partial charge in [0.05, 0.1) is 6.20 Å². The molecular weight excluding hydrogens is 292 g/mol. The Kier molecular flexibility index (Phi) is 6.04. The second kappa shape index (κ2) is 7.81. The number of nitrogens with zero attached hydrogens (tertiary/aromatic N) is 3. The summed E-state index contributed by atoms with van der Waals surface area (Å²) in [6, 6.07) is 0.437. The van der Waals surface area contributed by atoms with E-state index in [1.807, 2.05) is 36.5 Å². The van der Waals surface area contributed by atoms with Crippen molar-refractivity contribution < 1.29 is 9.53 Å². The van der Waals surface area contributed by atoms with Crippen LogP contribution in [0.4, 0.5) is 4.79 Å². The molecule has 1 aliphatic rings. The third-order valence-electron chi connectivity index (χ3n) is 3.99. The van der Waals surface area contributed by atoms with Gasteiger partial charge in [-0.2, -0.15) is 5.10 Å². The Bertz CT molecular complexity index is 507. The van der Waals surface area contributed by atoms with E-state index in [-0.39, 0.29) is 6.09 Å². The Balaban J connectivity index is 1.78. The van der Waals surface area contributed by atoms with Gasteiger partial charge in [-0.3, -0.25) is 4.68 Å². The van der Waals surface area contributed by atoms with E-state index in [2.05, 4.69) is 23.5 Å². The molecule has 1 aromatic rings. The number of hydrogen-bond acceptors (Lipinski definition) is 4. The van der Waals surface area contributed by atoms with Crippen molar-refractivity contribution in [2.24, 2.45) is 0 Å². The van der Waals surface area contributed by atoms with E-state index in [0.717, 1.165) is 45.4 Å². The Morgan fingerprint density at radius 3 is 2.83 bits per heavy atom. The molecule has 1 saturated heterocycles. The summed E-state index contributed by atoms with van der Waals surface area (Å²) in [5, 5.41) is 7.88. The zero-order valence-electron chi connectivity index (χ0n) is 14.8. The fourth-order valence-electron chi connectivity index (χ4n) is 2.74. The SMILES string of the molecule is CCn1cc(CNC2CCCN(C(=O)OC(C)(C)C)CC2)cn1. The molecule has 0 saturated carbocycles. The predicted molar refractivity (Wildman–Crippen MR) is 90.2 cm³/mol. The molecule has 6 heteroatoms. The number of amides is 1. The lowest BCUT2D eigenvalue weighted by Crippen LogP contribution is -2.38. The molecule has 1 aromatic heterocycles. The van der Waals surface area contributed by atoms with Crippen molar-refractivity contribution in [2.45, 2.75) is 71.7 Å². The van der Waals surface area contributed by atoms with Gasteiger partial charge < -0.3 is 15.0 Å². The predicted octanol–water partition coefficient (Wildman–Crippen LogP) is 2.78. The minimum Gasteiger partial charge on any atom is -0.444 e. The highest BCUT2D eigenvalue weighted by Gasteiger charge is 2.25. The molecule has 1 N–H and O–H groups in total. The van der Waals surface area contributed by atoms with Gasteiger partial charge in [-0.25, -0.2) is 4.79 Å². The van der Waals surface area contributed by atoms with E-state index >= 15 is 0 Å². The van der Waals surface area contributed by atoms with Crippen LogP contribution in [-0.2, 0) is 17.8 Å². The molecular formula is C17H30N4O2. The van der Waals surface area contributed by atoms with Crippen LogP contribution in [-0.4, -0.2) is 45.5 Å². The van der Waals surface area contributed by atoms with Crippen LogP contribution >= 0.6 is 0 Å². The summed E-state index contributed by atoms with van der Waals surface area (Å²) in [5.41, 5.74) is 0.778. The van der Waals surface area contributed by atoms with E-state index in [1.54, 1.807) is 0 Å². The zero-order chi connectivity index (χ0) is 16.9. The van der Waals surface area contributed by atoms with Gasteiger partial charge in [0.2, 0.25) is 0 Å². The van der Waals surface area contributed by atoms with E-state index in [9.17, 15) is 4.79 Å². The Labute approximate surface area is 139 Å². The van der Waals surface area contributed by atoms with E-state index < -0.39 is 5.60 Å². The summed E-state index contributed by atoms with van der Waals surface area (Å²) in [4.78, 5) is 14.0. The number of carbonyl (C=O) groups excluding carboxylic acids is 1. The van der Waals surface area contributed by atoms with Crippen LogP contribution in [0.15, 0.2) is 12.4 Å². The first kappa shape index (κ1) is 17.8. The third kappa shape index (κ3) is 5.86. The van der Waals surface area contributed by atoms with Gasteiger partial charge in [-0.05, 0) is 47.0 Å². The van der Waals surface area contributed by atoms with Crippen LogP contribution in [0.5, 0.6) is 0 Å². The number of nitrogens with one attached hydrogen (secondary N) is 1. The summed E-state index contributed by atoms with van der Waals surface area (Å²) in [5.74, 6) is 0. The average molecular weight is 322 g/mol. The monoisotopic (exact) mass is 322 g/mol. The Morgan fingerprint density at radius 1 is 1.39 bits per heavy atom. The lowest BCUT2D eigenvalue weighted by molar-refractivity contribution is 0.0256. The van der Waals surface area contributed by atoms with Crippen molar-refractivity contribution in [3.8, 4) is 0 Å². The second-order valence-electron chi connectivity index (χ2n) is 7.18. The van der Waals surface area contributed by atoms with Crippen LogP contribution in [0.2, 0.25) is 0 Å². The van der Waals surface area contributed by atoms with Crippen LogP contribution in [0.1, 0.15) is 52.5 Å². The first-order valence-electron chi connectivity index (χ1n) is 8.60. The van der Waals surface area contributed by atoms with Gasteiger partial charge in [-0.1, -0.05) is 0 Å². The van der Waals surface area contributed by atoms with E-state index in [0.29, 0.717) is 6.04 Å². The van der Waals surface area contributed by atoms with Gasteiger partial charge in [0, 0.05) is 44.0 Å². The lowest BCUT2D eigenvalue weighted by Gasteiger charge is -2.26. The highest BCUT2D eigenvalue weighted by Crippen LogP contribution is 2.16. The molecule has 23 heavy (non-hydrogen) atoms. The van der Waals surface area contributed by atoms with Crippen molar-refractivity contribution in [3.63, 3.8) is 0 Å². The standard InChI is InChI=1S/C17H30N4O2/c1-5-21-13-14(12-19-21)11-18-15-7-6-9-20(10-8-15)16(22)23-17(2,3)4/h12-13,15,18H,5-11H2,1-4H3. The van der Waals surface area contributed by atoms with Crippen molar-refractivity contribution in [1.82, 2.24) is 20.0 Å². The van der Waals surface area contributed by atoms with Crippen LogP contribution < -0.4 is 5.32 Å². The molecule has 130 valence electrons. The molecule has 0 bridgehead atoms. The van der Waals surface area contributed by atoms with E-state index in [1.165, 1.54) is 5.56 Å². The van der Waals surface area contributed by atoms with Crippen molar-refractivity contribution in [1.29, 1.82) is 0 Å². The van der Waals surface area contributed by atoms with Crippen LogP contribution in [0.25, 0.3) is 0 Å². The molecule has 1 atom stereocenters. The number of hydrogen-bond donors (Lipinski definition) is 1. The summed E-state index contributed by atoms with van der Waals surface area (Å²) >= 11 is 0. The molecule has 0 spiro atoms. The number of ether oxygens (including phenoxy) is 1. The smallest absolute Gasteiger partial charge is 0.410 e. The second-order valence-corrected chi connectivity index (χ2v) is 7.18. The molecule has 0 aromatic carbocycles. The first-order chi connectivity index (χ1) is 10.9. The molecule has 2 rings (SSSR count).